The van der Waals surface area contributed by atoms with E-state index in [1.54, 1.807) is 0 Å². The third-order valence-electron chi connectivity index (χ3n) is 1.13. The molecule has 0 aliphatic rings. The Morgan fingerprint density at radius 2 is 2.18 bits per heavy atom. The van der Waals surface area contributed by atoms with E-state index in [1.807, 2.05) is 0 Å². The van der Waals surface area contributed by atoms with Gasteiger partial charge < -0.3 is 10.0 Å². The molecule has 0 fully saturated rings. The molecule has 58 valence electrons. The van der Waals surface area contributed by atoms with E-state index in [4.69, 9.17) is 21.6 Å². The van der Waals surface area contributed by atoms with E-state index in [2.05, 4.69) is 20.9 Å². The number of pyridine rings is 1. The van der Waals surface area contributed by atoms with Crippen LogP contribution in [0.15, 0.2) is 16.9 Å². The highest BCUT2D eigenvalue weighted by Crippen LogP contribution is 2.08. The lowest BCUT2D eigenvalue weighted by Crippen LogP contribution is -2.30. The van der Waals surface area contributed by atoms with Crippen LogP contribution in [-0.4, -0.2) is 22.2 Å². The Hall–Kier alpha value is -0.0951. The number of rotatable bonds is 1. The molecule has 0 atom stereocenters. The highest BCUT2D eigenvalue weighted by molar-refractivity contribution is 9.10. The molecule has 0 aliphatic carbocycles. The Morgan fingerprint density at radius 1 is 1.55 bits per heavy atom. The Morgan fingerprint density at radius 3 is 2.64 bits per heavy atom. The molecule has 0 spiro atoms. The van der Waals surface area contributed by atoms with Crippen LogP contribution >= 0.6 is 27.5 Å². The van der Waals surface area contributed by atoms with Gasteiger partial charge in [0.25, 0.3) is 0 Å². The Kier molecular flexibility index (Phi) is 2.89. The van der Waals surface area contributed by atoms with Crippen molar-refractivity contribution >= 4 is 40.1 Å². The average molecular weight is 236 g/mol. The van der Waals surface area contributed by atoms with E-state index in [0.717, 1.165) is 0 Å². The summed E-state index contributed by atoms with van der Waals surface area (Å²) in [4.78, 5) is 3.78. The summed E-state index contributed by atoms with van der Waals surface area (Å²) in [5.41, 5.74) is 0.244. The van der Waals surface area contributed by atoms with Crippen molar-refractivity contribution in [3.8, 4) is 0 Å². The summed E-state index contributed by atoms with van der Waals surface area (Å²) in [6.45, 7) is 0. The molecule has 2 N–H and O–H groups in total. The maximum absolute atomic E-state index is 8.75. The van der Waals surface area contributed by atoms with Crippen LogP contribution in [-0.2, 0) is 0 Å². The van der Waals surface area contributed by atoms with Crippen molar-refractivity contribution in [1.82, 2.24) is 4.98 Å². The normalized spacial score (nSPS) is 9.82. The number of halogens is 2. The average Bonchev–Trinajstić information content (AvgIpc) is 1.94. The Balaban J connectivity index is 3.13. The van der Waals surface area contributed by atoms with Crippen molar-refractivity contribution < 1.29 is 10.0 Å². The fourth-order valence-corrected chi connectivity index (χ4v) is 1.18. The van der Waals surface area contributed by atoms with Crippen molar-refractivity contribution in [2.24, 2.45) is 0 Å². The summed E-state index contributed by atoms with van der Waals surface area (Å²) >= 11 is 8.66. The van der Waals surface area contributed by atoms with Crippen LogP contribution in [0.4, 0.5) is 0 Å². The van der Waals surface area contributed by atoms with Crippen LogP contribution in [0.25, 0.3) is 0 Å². The maximum Gasteiger partial charge on any atom is 0.490 e. The number of hydrogen-bond acceptors (Lipinski definition) is 3. The highest BCUT2D eigenvalue weighted by atomic mass is 79.9. The molecule has 11 heavy (non-hydrogen) atoms. The summed E-state index contributed by atoms with van der Waals surface area (Å²) < 4.78 is 0.519. The predicted molar refractivity (Wildman–Crippen MR) is 46.8 cm³/mol. The molecule has 0 aromatic carbocycles. The zero-order valence-electron chi connectivity index (χ0n) is 5.33. The third-order valence-corrected chi connectivity index (χ3v) is 1.88. The van der Waals surface area contributed by atoms with Gasteiger partial charge in [0.1, 0.15) is 4.60 Å². The SMILES string of the molecule is OB(O)c1cc(Br)ncc1Cl. The molecule has 6 heteroatoms. The molecule has 0 aliphatic heterocycles. The lowest BCUT2D eigenvalue weighted by molar-refractivity contribution is 0.425. The van der Waals surface area contributed by atoms with Crippen LogP contribution in [0.2, 0.25) is 5.02 Å². The van der Waals surface area contributed by atoms with Crippen LogP contribution in [0.1, 0.15) is 0 Å². The molecule has 0 radical (unpaired) electrons. The second-order valence-electron chi connectivity index (χ2n) is 1.90. The summed E-state index contributed by atoms with van der Waals surface area (Å²) in [6.07, 6.45) is 1.35. The minimum absolute atomic E-state index is 0.239. The van der Waals surface area contributed by atoms with Gasteiger partial charge in [-0.05, 0) is 22.0 Å². The molecule has 1 rings (SSSR count). The van der Waals surface area contributed by atoms with E-state index >= 15 is 0 Å². The van der Waals surface area contributed by atoms with E-state index in [-0.39, 0.29) is 10.5 Å². The topological polar surface area (TPSA) is 53.4 Å². The summed E-state index contributed by atoms with van der Waals surface area (Å²) in [5, 5.41) is 17.7. The van der Waals surface area contributed by atoms with E-state index in [1.165, 1.54) is 12.3 Å². The van der Waals surface area contributed by atoms with Gasteiger partial charge in [0.2, 0.25) is 0 Å². The van der Waals surface area contributed by atoms with E-state index in [9.17, 15) is 0 Å². The molecular weight excluding hydrogens is 232 g/mol. The highest BCUT2D eigenvalue weighted by Gasteiger charge is 2.15. The largest absolute Gasteiger partial charge is 0.490 e. The van der Waals surface area contributed by atoms with Gasteiger partial charge in [0, 0.05) is 11.7 Å². The Labute approximate surface area is 77.3 Å². The first-order valence-electron chi connectivity index (χ1n) is 2.78. The minimum atomic E-state index is -1.55. The Bertz CT molecular complexity index is 271. The lowest BCUT2D eigenvalue weighted by Gasteiger charge is -2.01. The number of nitrogens with zero attached hydrogens (tertiary/aromatic N) is 1. The van der Waals surface area contributed by atoms with E-state index < -0.39 is 7.12 Å². The first-order chi connectivity index (χ1) is 5.11. The van der Waals surface area contributed by atoms with Crippen molar-refractivity contribution in [2.45, 2.75) is 0 Å². The molecule has 1 aromatic rings. The van der Waals surface area contributed by atoms with Crippen molar-refractivity contribution in [2.75, 3.05) is 0 Å². The van der Waals surface area contributed by atoms with Crippen molar-refractivity contribution in [1.29, 1.82) is 0 Å². The molecule has 3 nitrogen and oxygen atoms in total. The molecule has 0 unspecified atom stereocenters. The summed E-state index contributed by atoms with van der Waals surface area (Å²) in [5.74, 6) is 0. The quantitative estimate of drug-likeness (QED) is 0.540. The van der Waals surface area contributed by atoms with Gasteiger partial charge in [-0.1, -0.05) is 11.6 Å². The molecular formula is C5H4BBrClNO2. The second-order valence-corrected chi connectivity index (χ2v) is 3.12. The van der Waals surface area contributed by atoms with Crippen LogP contribution < -0.4 is 5.46 Å². The van der Waals surface area contributed by atoms with E-state index in [0.29, 0.717) is 4.60 Å². The van der Waals surface area contributed by atoms with Crippen molar-refractivity contribution in [3.05, 3.63) is 21.9 Å². The first-order valence-corrected chi connectivity index (χ1v) is 3.95. The molecule has 0 bridgehead atoms. The van der Waals surface area contributed by atoms with Crippen LogP contribution in [0.5, 0.6) is 0 Å². The molecule has 1 heterocycles. The van der Waals surface area contributed by atoms with Gasteiger partial charge in [0.15, 0.2) is 0 Å². The summed E-state index contributed by atoms with van der Waals surface area (Å²) in [7, 11) is -1.55. The smallest absolute Gasteiger partial charge is 0.423 e. The van der Waals surface area contributed by atoms with Gasteiger partial charge in [-0.15, -0.1) is 0 Å². The fourth-order valence-electron chi connectivity index (χ4n) is 0.625. The van der Waals surface area contributed by atoms with Crippen molar-refractivity contribution in [3.63, 3.8) is 0 Å². The number of hydrogen-bond donors (Lipinski definition) is 2. The molecule has 0 saturated heterocycles. The first kappa shape index (κ1) is 9.00. The van der Waals surface area contributed by atoms with Gasteiger partial charge >= 0.3 is 7.12 Å². The zero-order valence-corrected chi connectivity index (χ0v) is 7.67. The van der Waals surface area contributed by atoms with Crippen LogP contribution in [0.3, 0.4) is 0 Å². The van der Waals surface area contributed by atoms with Gasteiger partial charge in [0.05, 0.1) is 5.02 Å². The lowest BCUT2D eigenvalue weighted by atomic mass is 9.81. The minimum Gasteiger partial charge on any atom is -0.423 e. The predicted octanol–water partition coefficient (Wildman–Crippen LogP) is 0.177. The zero-order chi connectivity index (χ0) is 8.43. The molecule has 0 saturated carbocycles. The molecule has 0 amide bonds. The molecule has 1 aromatic heterocycles. The number of aromatic nitrogens is 1. The van der Waals surface area contributed by atoms with Gasteiger partial charge in [-0.3, -0.25) is 0 Å². The van der Waals surface area contributed by atoms with Gasteiger partial charge in [-0.25, -0.2) is 4.98 Å². The van der Waals surface area contributed by atoms with Gasteiger partial charge in [-0.2, -0.15) is 0 Å². The van der Waals surface area contributed by atoms with Crippen LogP contribution in [0, 0.1) is 0 Å². The second kappa shape index (κ2) is 3.54. The maximum atomic E-state index is 8.75. The standard InChI is InChI=1S/C5H4BBrClNO2/c7-5-1-3(6(10)11)4(8)2-9-5/h1-2,10-11H. The summed E-state index contributed by atoms with van der Waals surface area (Å²) in [6, 6.07) is 1.45. The monoisotopic (exact) mass is 235 g/mol. The fraction of sp³-hybridized carbons (Fsp3) is 0. The third kappa shape index (κ3) is 2.17.